The number of carbonyl (C=O) groups excluding carboxylic acids is 1. The van der Waals surface area contributed by atoms with Gasteiger partial charge in [0.25, 0.3) is 0 Å². The molecule has 0 bridgehead atoms. The summed E-state index contributed by atoms with van der Waals surface area (Å²) in [6, 6.07) is 10.7. The van der Waals surface area contributed by atoms with Crippen molar-refractivity contribution in [1.82, 2.24) is 5.32 Å². The molecule has 5 N–H and O–H groups in total. The predicted molar refractivity (Wildman–Crippen MR) is 112 cm³/mol. The average molecular weight is 400 g/mol. The summed E-state index contributed by atoms with van der Waals surface area (Å²) in [5, 5.41) is 13.1. The standard InChI is InChI=1S/C21H25FN4O3/c1-28-9-8-25-20(14-4-3-5-17(10-14)29-2)21(27)26-16-6-7-18(19(22)11-16)15(12-23)13-24/h3-7,10-13,20,23,25H,8-9,24H2,1-2H3,(H,26,27)/b15-13+,23-12?. The zero-order valence-electron chi connectivity index (χ0n) is 16.4. The third-order valence-electron chi connectivity index (χ3n) is 4.23. The Morgan fingerprint density at radius 1 is 1.28 bits per heavy atom. The molecule has 0 aliphatic carbocycles. The smallest absolute Gasteiger partial charge is 0.246 e. The highest BCUT2D eigenvalue weighted by atomic mass is 19.1. The summed E-state index contributed by atoms with van der Waals surface area (Å²) in [6.45, 7) is 0.873. The molecule has 0 heterocycles. The molecule has 1 unspecified atom stereocenters. The van der Waals surface area contributed by atoms with Gasteiger partial charge < -0.3 is 25.9 Å². The predicted octanol–water partition coefficient (Wildman–Crippen LogP) is 2.70. The van der Waals surface area contributed by atoms with Crippen LogP contribution in [0, 0.1) is 11.2 Å². The fourth-order valence-electron chi connectivity index (χ4n) is 2.75. The van der Waals surface area contributed by atoms with Gasteiger partial charge in [0.15, 0.2) is 0 Å². The molecule has 0 spiro atoms. The summed E-state index contributed by atoms with van der Waals surface area (Å²) in [5.74, 6) is -0.326. The number of amides is 1. The molecule has 0 radical (unpaired) electrons. The average Bonchev–Trinajstić information content (AvgIpc) is 2.73. The van der Waals surface area contributed by atoms with Crippen LogP contribution in [-0.4, -0.2) is 39.5 Å². The van der Waals surface area contributed by atoms with Gasteiger partial charge in [-0.3, -0.25) is 10.1 Å². The van der Waals surface area contributed by atoms with Crippen molar-refractivity contribution in [2.24, 2.45) is 5.73 Å². The largest absolute Gasteiger partial charge is 0.497 e. The normalized spacial score (nSPS) is 12.3. The summed E-state index contributed by atoms with van der Waals surface area (Å²) >= 11 is 0. The van der Waals surface area contributed by atoms with Crippen LogP contribution in [0.15, 0.2) is 48.7 Å². The Hall–Kier alpha value is -3.23. The van der Waals surface area contributed by atoms with E-state index in [1.54, 1.807) is 44.6 Å². The maximum atomic E-state index is 14.4. The van der Waals surface area contributed by atoms with Crippen LogP contribution in [0.3, 0.4) is 0 Å². The van der Waals surface area contributed by atoms with Gasteiger partial charge in [0.1, 0.15) is 17.6 Å². The Balaban J connectivity index is 2.24. The van der Waals surface area contributed by atoms with Crippen LogP contribution < -0.4 is 21.1 Å². The minimum absolute atomic E-state index is 0.183. The monoisotopic (exact) mass is 400 g/mol. The van der Waals surface area contributed by atoms with Crippen LogP contribution >= 0.6 is 0 Å². The first-order chi connectivity index (χ1) is 14.0. The number of methoxy groups -OCH3 is 2. The summed E-state index contributed by atoms with van der Waals surface area (Å²) in [7, 11) is 3.13. The van der Waals surface area contributed by atoms with E-state index in [2.05, 4.69) is 10.6 Å². The van der Waals surface area contributed by atoms with Crippen LogP contribution in [0.2, 0.25) is 0 Å². The lowest BCUT2D eigenvalue weighted by atomic mass is 10.0. The van der Waals surface area contributed by atoms with E-state index in [1.165, 1.54) is 12.1 Å². The summed E-state index contributed by atoms with van der Waals surface area (Å²) in [4.78, 5) is 12.9. The quantitative estimate of drug-likeness (QED) is 0.362. The number of anilines is 1. The summed E-state index contributed by atoms with van der Waals surface area (Å²) < 4.78 is 24.7. The maximum Gasteiger partial charge on any atom is 0.246 e. The highest BCUT2D eigenvalue weighted by Gasteiger charge is 2.21. The summed E-state index contributed by atoms with van der Waals surface area (Å²) in [6.07, 6.45) is 2.12. The first-order valence-corrected chi connectivity index (χ1v) is 8.93. The van der Waals surface area contributed by atoms with Gasteiger partial charge in [-0.2, -0.15) is 0 Å². The second-order valence-corrected chi connectivity index (χ2v) is 6.11. The second-order valence-electron chi connectivity index (χ2n) is 6.11. The molecular weight excluding hydrogens is 375 g/mol. The highest BCUT2D eigenvalue weighted by molar-refractivity contribution is 6.08. The zero-order chi connectivity index (χ0) is 21.2. The van der Waals surface area contributed by atoms with Gasteiger partial charge in [-0.25, -0.2) is 4.39 Å². The highest BCUT2D eigenvalue weighted by Crippen LogP contribution is 2.23. The van der Waals surface area contributed by atoms with Gasteiger partial charge in [0, 0.05) is 42.9 Å². The molecule has 1 amide bonds. The van der Waals surface area contributed by atoms with E-state index in [-0.39, 0.29) is 17.0 Å². The number of allylic oxidation sites excluding steroid dienone is 1. The van der Waals surface area contributed by atoms with E-state index in [1.807, 2.05) is 0 Å². The van der Waals surface area contributed by atoms with E-state index >= 15 is 0 Å². The SMILES string of the molecule is COCCNC(C(=O)Nc1ccc(/C(C=N)=C/N)c(F)c1)c1cccc(OC)c1. The first-order valence-electron chi connectivity index (χ1n) is 8.93. The number of benzene rings is 2. The molecule has 2 rings (SSSR count). The Morgan fingerprint density at radius 2 is 2.07 bits per heavy atom. The zero-order valence-corrected chi connectivity index (χ0v) is 16.4. The fourth-order valence-corrected chi connectivity index (χ4v) is 2.75. The van der Waals surface area contributed by atoms with Crippen molar-refractivity contribution < 1.29 is 18.7 Å². The van der Waals surface area contributed by atoms with Crippen molar-refractivity contribution in [1.29, 1.82) is 5.41 Å². The Bertz CT molecular complexity index is 886. The van der Waals surface area contributed by atoms with Crippen molar-refractivity contribution in [3.8, 4) is 5.75 Å². The number of halogens is 1. The number of carbonyl (C=O) groups is 1. The molecule has 7 nitrogen and oxygen atoms in total. The van der Waals surface area contributed by atoms with E-state index in [0.717, 1.165) is 12.4 Å². The molecule has 29 heavy (non-hydrogen) atoms. The van der Waals surface area contributed by atoms with Crippen LogP contribution in [0.1, 0.15) is 17.2 Å². The van der Waals surface area contributed by atoms with Crippen LogP contribution in [0.25, 0.3) is 5.57 Å². The number of nitrogens with one attached hydrogen (secondary N) is 3. The lowest BCUT2D eigenvalue weighted by molar-refractivity contribution is -0.118. The van der Waals surface area contributed by atoms with Gasteiger partial charge in [-0.15, -0.1) is 0 Å². The van der Waals surface area contributed by atoms with Crippen molar-refractivity contribution in [3.05, 3.63) is 65.6 Å². The third kappa shape index (κ3) is 5.87. The molecule has 0 fully saturated rings. The fraction of sp³-hybridized carbons (Fsp3) is 0.238. The maximum absolute atomic E-state index is 14.4. The minimum Gasteiger partial charge on any atom is -0.497 e. The van der Waals surface area contributed by atoms with Gasteiger partial charge in [-0.05, 0) is 35.9 Å². The van der Waals surface area contributed by atoms with E-state index < -0.39 is 11.9 Å². The van der Waals surface area contributed by atoms with Gasteiger partial charge in [0.05, 0.1) is 13.7 Å². The van der Waals surface area contributed by atoms with E-state index in [0.29, 0.717) is 30.2 Å². The van der Waals surface area contributed by atoms with E-state index in [9.17, 15) is 9.18 Å². The lowest BCUT2D eigenvalue weighted by Crippen LogP contribution is -2.35. The van der Waals surface area contributed by atoms with Gasteiger partial charge in [0.2, 0.25) is 5.91 Å². The number of rotatable bonds is 10. The van der Waals surface area contributed by atoms with Crippen molar-refractivity contribution in [2.45, 2.75) is 6.04 Å². The minimum atomic E-state index is -0.691. The molecule has 0 saturated heterocycles. The molecule has 8 heteroatoms. The van der Waals surface area contributed by atoms with Crippen LogP contribution in [-0.2, 0) is 9.53 Å². The van der Waals surface area contributed by atoms with Crippen molar-refractivity contribution in [2.75, 3.05) is 32.7 Å². The Labute approximate surface area is 169 Å². The molecule has 0 aliphatic heterocycles. The third-order valence-corrected chi connectivity index (χ3v) is 4.23. The Morgan fingerprint density at radius 3 is 2.69 bits per heavy atom. The van der Waals surface area contributed by atoms with E-state index in [4.69, 9.17) is 20.6 Å². The molecule has 0 saturated carbocycles. The molecule has 0 aromatic heterocycles. The van der Waals surface area contributed by atoms with Crippen molar-refractivity contribution >= 4 is 23.4 Å². The molecule has 2 aromatic carbocycles. The molecule has 2 aromatic rings. The number of nitrogens with two attached hydrogens (primary N) is 1. The number of ether oxygens (including phenoxy) is 2. The van der Waals surface area contributed by atoms with Crippen molar-refractivity contribution in [3.63, 3.8) is 0 Å². The molecule has 0 aliphatic rings. The van der Waals surface area contributed by atoms with Crippen LogP contribution in [0.5, 0.6) is 5.75 Å². The first kappa shape index (κ1) is 22.1. The summed E-state index contributed by atoms with van der Waals surface area (Å²) in [5.41, 5.74) is 6.83. The number of hydrogen-bond donors (Lipinski definition) is 4. The lowest BCUT2D eigenvalue weighted by Gasteiger charge is -2.19. The molecule has 1 atom stereocenters. The number of hydrogen-bond acceptors (Lipinski definition) is 6. The Kier molecular flexibility index (Phi) is 8.32. The second kappa shape index (κ2) is 10.9. The topological polar surface area (TPSA) is 109 Å². The molecule has 154 valence electrons. The van der Waals surface area contributed by atoms with Gasteiger partial charge >= 0.3 is 0 Å². The molecular formula is C21H25FN4O3. The van der Waals surface area contributed by atoms with Gasteiger partial charge in [-0.1, -0.05) is 12.1 Å². The van der Waals surface area contributed by atoms with Crippen LogP contribution in [0.4, 0.5) is 10.1 Å².